The SMILES string of the molecule is CCC(C)C(NC(=O)C(NC(=O)C(C)N)C(C)O)C(=O)NC(CCCN=C(N)N)C(=O)O. The van der Waals surface area contributed by atoms with Gasteiger partial charge in [-0.25, -0.2) is 4.79 Å². The fourth-order valence-corrected chi connectivity index (χ4v) is 2.66. The van der Waals surface area contributed by atoms with Crippen molar-refractivity contribution in [3.63, 3.8) is 0 Å². The van der Waals surface area contributed by atoms with E-state index in [4.69, 9.17) is 17.2 Å². The van der Waals surface area contributed by atoms with Crippen molar-refractivity contribution in [1.29, 1.82) is 0 Å². The van der Waals surface area contributed by atoms with Crippen molar-refractivity contribution >= 4 is 29.7 Å². The van der Waals surface area contributed by atoms with E-state index in [0.717, 1.165) is 0 Å². The molecule has 0 bridgehead atoms. The molecule has 0 aromatic heterocycles. The van der Waals surface area contributed by atoms with Gasteiger partial charge in [0.15, 0.2) is 5.96 Å². The van der Waals surface area contributed by atoms with E-state index in [9.17, 15) is 29.4 Å². The van der Waals surface area contributed by atoms with Crippen LogP contribution in [0.4, 0.5) is 0 Å². The summed E-state index contributed by atoms with van der Waals surface area (Å²) in [4.78, 5) is 52.7. The lowest BCUT2D eigenvalue weighted by atomic mass is 9.97. The predicted molar refractivity (Wildman–Crippen MR) is 118 cm³/mol. The molecule has 13 nitrogen and oxygen atoms in total. The lowest BCUT2D eigenvalue weighted by molar-refractivity contribution is -0.143. The van der Waals surface area contributed by atoms with Crippen molar-refractivity contribution in [2.24, 2.45) is 28.1 Å². The number of nitrogens with zero attached hydrogens (tertiary/aromatic N) is 1. The van der Waals surface area contributed by atoms with E-state index in [0.29, 0.717) is 12.8 Å². The van der Waals surface area contributed by atoms with Gasteiger partial charge in [0.05, 0.1) is 12.1 Å². The van der Waals surface area contributed by atoms with Crippen molar-refractivity contribution < 1.29 is 29.4 Å². The van der Waals surface area contributed by atoms with Crippen molar-refractivity contribution in [3.8, 4) is 0 Å². The Hall–Kier alpha value is -2.93. The van der Waals surface area contributed by atoms with Crippen LogP contribution < -0.4 is 33.2 Å². The highest BCUT2D eigenvalue weighted by Gasteiger charge is 2.33. The number of carbonyl (C=O) groups is 4. The highest BCUT2D eigenvalue weighted by Crippen LogP contribution is 2.10. The molecule has 0 saturated carbocycles. The second kappa shape index (κ2) is 14.2. The number of hydrogen-bond donors (Lipinski definition) is 8. The van der Waals surface area contributed by atoms with Gasteiger partial charge in [0.25, 0.3) is 0 Å². The molecule has 184 valence electrons. The van der Waals surface area contributed by atoms with Crippen LogP contribution in [0.5, 0.6) is 0 Å². The van der Waals surface area contributed by atoms with Crippen LogP contribution in [0.3, 0.4) is 0 Å². The fourth-order valence-electron chi connectivity index (χ4n) is 2.66. The topological polar surface area (TPSA) is 235 Å². The summed E-state index contributed by atoms with van der Waals surface area (Å²) < 4.78 is 0. The number of aliphatic hydroxyl groups is 1. The largest absolute Gasteiger partial charge is 0.480 e. The zero-order chi connectivity index (χ0) is 25.0. The Morgan fingerprint density at radius 2 is 1.47 bits per heavy atom. The minimum atomic E-state index is -1.34. The number of amides is 3. The monoisotopic (exact) mass is 459 g/mol. The van der Waals surface area contributed by atoms with Crippen molar-refractivity contribution in [1.82, 2.24) is 16.0 Å². The molecule has 32 heavy (non-hydrogen) atoms. The zero-order valence-corrected chi connectivity index (χ0v) is 19.0. The molecule has 11 N–H and O–H groups in total. The van der Waals surface area contributed by atoms with E-state index in [1.807, 2.05) is 0 Å². The van der Waals surface area contributed by atoms with Gasteiger partial charge >= 0.3 is 5.97 Å². The Morgan fingerprint density at radius 1 is 0.938 bits per heavy atom. The number of guanidine groups is 1. The number of aliphatic carboxylic acids is 1. The molecule has 6 unspecified atom stereocenters. The number of nitrogens with one attached hydrogen (secondary N) is 3. The zero-order valence-electron chi connectivity index (χ0n) is 19.0. The van der Waals surface area contributed by atoms with Gasteiger partial charge < -0.3 is 43.4 Å². The summed E-state index contributed by atoms with van der Waals surface area (Å²) in [5, 5.41) is 26.6. The molecule has 13 heteroatoms. The lowest BCUT2D eigenvalue weighted by Gasteiger charge is -2.28. The summed E-state index contributed by atoms with van der Waals surface area (Å²) in [7, 11) is 0. The predicted octanol–water partition coefficient (Wildman–Crippen LogP) is -2.65. The third kappa shape index (κ3) is 10.4. The first-order valence-electron chi connectivity index (χ1n) is 10.4. The molecule has 0 heterocycles. The van der Waals surface area contributed by atoms with Gasteiger partial charge in [-0.15, -0.1) is 0 Å². The number of rotatable bonds is 14. The summed E-state index contributed by atoms with van der Waals surface area (Å²) in [5.41, 5.74) is 15.9. The minimum absolute atomic E-state index is 0.0692. The average molecular weight is 460 g/mol. The first-order valence-corrected chi connectivity index (χ1v) is 10.4. The highest BCUT2D eigenvalue weighted by atomic mass is 16.4. The van der Waals surface area contributed by atoms with Crippen LogP contribution in [-0.4, -0.2) is 76.7 Å². The van der Waals surface area contributed by atoms with E-state index in [2.05, 4.69) is 20.9 Å². The molecule has 0 fully saturated rings. The van der Waals surface area contributed by atoms with Crippen molar-refractivity contribution in [3.05, 3.63) is 0 Å². The fraction of sp³-hybridized carbons (Fsp3) is 0.737. The molecule has 0 aromatic carbocycles. The summed E-state index contributed by atoms with van der Waals surface area (Å²) in [6.07, 6.45) is -0.393. The van der Waals surface area contributed by atoms with Gasteiger partial charge in [0.1, 0.15) is 18.1 Å². The van der Waals surface area contributed by atoms with Crippen LogP contribution in [0.15, 0.2) is 4.99 Å². The average Bonchev–Trinajstić information content (AvgIpc) is 2.70. The Balaban J connectivity index is 5.37. The quantitative estimate of drug-likeness (QED) is 0.0768. The smallest absolute Gasteiger partial charge is 0.326 e. The summed E-state index contributed by atoms with van der Waals surface area (Å²) >= 11 is 0. The van der Waals surface area contributed by atoms with Crippen LogP contribution in [0.25, 0.3) is 0 Å². The first-order chi connectivity index (χ1) is 14.8. The summed E-state index contributed by atoms with van der Waals surface area (Å²) in [6, 6.07) is -4.57. The van der Waals surface area contributed by atoms with Crippen LogP contribution in [0, 0.1) is 5.92 Å². The van der Waals surface area contributed by atoms with Gasteiger partial charge in [-0.3, -0.25) is 19.4 Å². The van der Waals surface area contributed by atoms with E-state index in [-0.39, 0.29) is 24.8 Å². The number of aliphatic imine (C=N–C) groups is 1. The van der Waals surface area contributed by atoms with Gasteiger partial charge in [-0.05, 0) is 32.6 Å². The lowest BCUT2D eigenvalue weighted by Crippen LogP contribution is -2.60. The molecule has 0 rings (SSSR count). The number of hydrogen-bond acceptors (Lipinski definition) is 7. The minimum Gasteiger partial charge on any atom is -0.480 e. The Labute approximate surface area is 187 Å². The Bertz CT molecular complexity index is 679. The van der Waals surface area contributed by atoms with E-state index >= 15 is 0 Å². The molecular weight excluding hydrogens is 422 g/mol. The molecule has 0 saturated heterocycles. The molecule has 0 aliphatic carbocycles. The number of carboxylic acid groups (broad SMARTS) is 1. The number of carboxylic acids is 1. The second-order valence-electron chi connectivity index (χ2n) is 7.74. The van der Waals surface area contributed by atoms with Crippen molar-refractivity contribution in [2.45, 2.75) is 77.2 Å². The number of aliphatic hydroxyl groups excluding tert-OH is 1. The van der Waals surface area contributed by atoms with Crippen LogP contribution in [0.1, 0.15) is 47.0 Å². The molecule has 0 aliphatic rings. The molecule has 0 aliphatic heterocycles. The van der Waals surface area contributed by atoms with Crippen LogP contribution >= 0.6 is 0 Å². The molecule has 0 aromatic rings. The van der Waals surface area contributed by atoms with Gasteiger partial charge in [-0.1, -0.05) is 20.3 Å². The molecule has 3 amide bonds. The molecular formula is C19H37N7O6. The van der Waals surface area contributed by atoms with Gasteiger partial charge in [-0.2, -0.15) is 0 Å². The van der Waals surface area contributed by atoms with Gasteiger partial charge in [0, 0.05) is 6.54 Å². The summed E-state index contributed by atoms with van der Waals surface area (Å²) in [5.74, 6) is -3.89. The van der Waals surface area contributed by atoms with E-state index in [1.54, 1.807) is 13.8 Å². The Kier molecular flexibility index (Phi) is 12.9. The summed E-state index contributed by atoms with van der Waals surface area (Å²) in [6.45, 7) is 6.42. The van der Waals surface area contributed by atoms with Gasteiger partial charge in [0.2, 0.25) is 17.7 Å². The molecule has 6 atom stereocenters. The standard InChI is InChI=1S/C19H37N7O6/c1-5-9(2)13(25-17(30)14(11(4)27)26-15(28)10(3)20)16(29)24-12(18(31)32)7-6-8-23-19(21)22/h9-14,27H,5-8,20H2,1-4H3,(H,24,29)(H,25,30)(H,26,28)(H,31,32)(H4,21,22,23). The Morgan fingerprint density at radius 3 is 1.91 bits per heavy atom. The highest BCUT2D eigenvalue weighted by molar-refractivity contribution is 5.94. The third-order valence-corrected chi connectivity index (χ3v) is 4.83. The van der Waals surface area contributed by atoms with E-state index < -0.39 is 54.0 Å². The maximum atomic E-state index is 12.8. The normalized spacial score (nSPS) is 16.4. The number of carbonyl (C=O) groups excluding carboxylic acids is 3. The molecule has 0 spiro atoms. The molecule has 0 radical (unpaired) electrons. The third-order valence-electron chi connectivity index (χ3n) is 4.83. The van der Waals surface area contributed by atoms with Crippen LogP contribution in [-0.2, 0) is 19.2 Å². The maximum absolute atomic E-state index is 12.8. The second-order valence-corrected chi connectivity index (χ2v) is 7.74. The van der Waals surface area contributed by atoms with Crippen molar-refractivity contribution in [2.75, 3.05) is 6.54 Å². The van der Waals surface area contributed by atoms with Crippen LogP contribution in [0.2, 0.25) is 0 Å². The number of nitrogens with two attached hydrogens (primary N) is 3. The first kappa shape index (κ1) is 29.1. The maximum Gasteiger partial charge on any atom is 0.326 e. The van der Waals surface area contributed by atoms with E-state index in [1.165, 1.54) is 13.8 Å².